The molecule has 0 radical (unpaired) electrons. The predicted molar refractivity (Wildman–Crippen MR) is 89.7 cm³/mol. The quantitative estimate of drug-likeness (QED) is 0.712. The number of carbonyl (C=O) groups excluding carboxylic acids is 2. The number of hydrogen-bond acceptors (Lipinski definition) is 3. The van der Waals surface area contributed by atoms with E-state index in [0.717, 1.165) is 25.8 Å². The molecular weight excluding hydrogens is 325 g/mol. The van der Waals surface area contributed by atoms with Gasteiger partial charge in [-0.15, -0.1) is 12.4 Å². The van der Waals surface area contributed by atoms with Crippen LogP contribution < -0.4 is 16.0 Å². The van der Waals surface area contributed by atoms with Gasteiger partial charge in [-0.25, -0.2) is 0 Å². The van der Waals surface area contributed by atoms with E-state index in [0.29, 0.717) is 23.7 Å². The van der Waals surface area contributed by atoms with E-state index < -0.39 is 0 Å². The molecule has 0 saturated carbocycles. The van der Waals surface area contributed by atoms with Crippen LogP contribution in [-0.2, 0) is 4.79 Å². The van der Waals surface area contributed by atoms with Crippen molar-refractivity contribution >= 4 is 35.8 Å². The normalized spacial score (nSPS) is 17.2. The van der Waals surface area contributed by atoms with Crippen LogP contribution in [0.3, 0.4) is 0 Å². The van der Waals surface area contributed by atoms with E-state index in [1.165, 1.54) is 0 Å². The van der Waals surface area contributed by atoms with E-state index in [2.05, 4.69) is 16.0 Å². The third-order valence-electron chi connectivity index (χ3n) is 3.44. The highest BCUT2D eigenvalue weighted by atomic mass is 35.5. The van der Waals surface area contributed by atoms with E-state index in [-0.39, 0.29) is 30.3 Å². The Bertz CT molecular complexity index is 488. The maximum absolute atomic E-state index is 11.8. The molecule has 0 bridgehead atoms. The molecule has 122 valence electrons. The Morgan fingerprint density at radius 3 is 2.45 bits per heavy atom. The lowest BCUT2D eigenvalue weighted by atomic mass is 10.0. The first-order valence-corrected chi connectivity index (χ1v) is 7.59. The molecule has 0 aliphatic carbocycles. The van der Waals surface area contributed by atoms with E-state index >= 15 is 0 Å². The molecule has 1 unspecified atom stereocenters. The van der Waals surface area contributed by atoms with Gasteiger partial charge in [0.2, 0.25) is 5.91 Å². The van der Waals surface area contributed by atoms with Crippen molar-refractivity contribution in [3.8, 4) is 0 Å². The molecule has 0 spiro atoms. The summed E-state index contributed by atoms with van der Waals surface area (Å²) in [7, 11) is 0. The van der Waals surface area contributed by atoms with Crippen LogP contribution in [0.5, 0.6) is 0 Å². The Morgan fingerprint density at radius 2 is 1.82 bits per heavy atom. The predicted octanol–water partition coefficient (Wildman–Crippen LogP) is 1.75. The Kier molecular flexibility index (Phi) is 8.24. The number of halogens is 2. The summed E-state index contributed by atoms with van der Waals surface area (Å²) in [6.45, 7) is 1.72. The van der Waals surface area contributed by atoms with Gasteiger partial charge >= 0.3 is 0 Å². The first-order valence-electron chi connectivity index (χ1n) is 7.21. The molecule has 1 fully saturated rings. The zero-order valence-corrected chi connectivity index (χ0v) is 13.8. The topological polar surface area (TPSA) is 70.2 Å². The summed E-state index contributed by atoms with van der Waals surface area (Å²) in [5.41, 5.74) is 0.555. The molecule has 1 aliphatic heterocycles. The van der Waals surface area contributed by atoms with Gasteiger partial charge in [0.25, 0.3) is 5.91 Å². The van der Waals surface area contributed by atoms with Gasteiger partial charge in [-0.2, -0.15) is 0 Å². The van der Waals surface area contributed by atoms with E-state index in [9.17, 15) is 9.59 Å². The van der Waals surface area contributed by atoms with Crippen molar-refractivity contribution in [3.63, 3.8) is 0 Å². The SMILES string of the molecule is Cl.O=C(NCCNC(=O)C1CCCCN1)c1ccc(Cl)cc1. The van der Waals surface area contributed by atoms with Gasteiger partial charge in [-0.1, -0.05) is 18.0 Å². The summed E-state index contributed by atoms with van der Waals surface area (Å²) in [6, 6.07) is 6.59. The number of rotatable bonds is 5. The highest BCUT2D eigenvalue weighted by Gasteiger charge is 2.19. The number of benzene rings is 1. The van der Waals surface area contributed by atoms with E-state index in [4.69, 9.17) is 11.6 Å². The van der Waals surface area contributed by atoms with Crippen molar-refractivity contribution in [3.05, 3.63) is 34.9 Å². The highest BCUT2D eigenvalue weighted by molar-refractivity contribution is 6.30. The number of piperidine rings is 1. The van der Waals surface area contributed by atoms with Crippen molar-refractivity contribution in [2.45, 2.75) is 25.3 Å². The number of hydrogen-bond donors (Lipinski definition) is 3. The van der Waals surface area contributed by atoms with Gasteiger partial charge in [0.15, 0.2) is 0 Å². The second-order valence-corrected chi connectivity index (χ2v) is 5.49. The Hall–Kier alpha value is -1.30. The molecular formula is C15H21Cl2N3O2. The molecule has 7 heteroatoms. The number of carbonyl (C=O) groups is 2. The lowest BCUT2D eigenvalue weighted by molar-refractivity contribution is -0.123. The van der Waals surface area contributed by atoms with Gasteiger partial charge in [0.1, 0.15) is 0 Å². The first-order chi connectivity index (χ1) is 10.2. The minimum Gasteiger partial charge on any atom is -0.353 e. The summed E-state index contributed by atoms with van der Waals surface area (Å²) >= 11 is 5.77. The summed E-state index contributed by atoms with van der Waals surface area (Å²) in [6.07, 6.45) is 3.09. The van der Waals surface area contributed by atoms with Crippen LogP contribution in [-0.4, -0.2) is 37.5 Å². The maximum atomic E-state index is 11.8. The second kappa shape index (κ2) is 9.66. The summed E-state index contributed by atoms with van der Waals surface area (Å²) in [4.78, 5) is 23.7. The first kappa shape index (κ1) is 18.7. The van der Waals surface area contributed by atoms with Crippen molar-refractivity contribution in [2.75, 3.05) is 19.6 Å². The van der Waals surface area contributed by atoms with Crippen molar-refractivity contribution in [2.24, 2.45) is 0 Å². The van der Waals surface area contributed by atoms with Crippen LogP contribution in [0.1, 0.15) is 29.6 Å². The van der Waals surface area contributed by atoms with Crippen molar-refractivity contribution < 1.29 is 9.59 Å². The van der Waals surface area contributed by atoms with Crippen LogP contribution in [0.4, 0.5) is 0 Å². The molecule has 3 N–H and O–H groups in total. The van der Waals surface area contributed by atoms with Gasteiger partial charge in [0, 0.05) is 23.7 Å². The molecule has 2 rings (SSSR count). The van der Waals surface area contributed by atoms with Gasteiger partial charge in [-0.05, 0) is 43.7 Å². The maximum Gasteiger partial charge on any atom is 0.251 e. The lowest BCUT2D eigenvalue weighted by Gasteiger charge is -2.22. The fraction of sp³-hybridized carbons (Fsp3) is 0.467. The Labute approximate surface area is 141 Å². The minimum atomic E-state index is -0.170. The monoisotopic (exact) mass is 345 g/mol. The van der Waals surface area contributed by atoms with Crippen LogP contribution in [0, 0.1) is 0 Å². The lowest BCUT2D eigenvalue weighted by Crippen LogP contribution is -2.48. The summed E-state index contributed by atoms with van der Waals surface area (Å²) < 4.78 is 0. The van der Waals surface area contributed by atoms with Crippen LogP contribution in [0.2, 0.25) is 5.02 Å². The fourth-order valence-corrected chi connectivity index (χ4v) is 2.39. The van der Waals surface area contributed by atoms with E-state index in [1.54, 1.807) is 24.3 Å². The van der Waals surface area contributed by atoms with Crippen molar-refractivity contribution in [1.82, 2.24) is 16.0 Å². The molecule has 1 aromatic carbocycles. The zero-order valence-electron chi connectivity index (χ0n) is 12.2. The molecule has 1 aromatic rings. The Morgan fingerprint density at radius 1 is 1.14 bits per heavy atom. The van der Waals surface area contributed by atoms with Gasteiger partial charge in [0.05, 0.1) is 6.04 Å². The van der Waals surface area contributed by atoms with E-state index in [1.807, 2.05) is 0 Å². The molecule has 22 heavy (non-hydrogen) atoms. The van der Waals surface area contributed by atoms with Gasteiger partial charge in [-0.3, -0.25) is 9.59 Å². The molecule has 1 heterocycles. The molecule has 5 nitrogen and oxygen atoms in total. The fourth-order valence-electron chi connectivity index (χ4n) is 2.26. The summed E-state index contributed by atoms with van der Waals surface area (Å²) in [5.74, 6) is -0.160. The second-order valence-electron chi connectivity index (χ2n) is 5.06. The molecule has 0 aromatic heterocycles. The van der Waals surface area contributed by atoms with Crippen LogP contribution in [0.25, 0.3) is 0 Å². The standard InChI is InChI=1S/C15H20ClN3O2.ClH/c16-12-6-4-11(5-7-12)14(20)18-9-10-19-15(21)13-3-1-2-8-17-13;/h4-7,13,17H,1-3,8-10H2,(H,18,20)(H,19,21);1H. The van der Waals surface area contributed by atoms with Crippen LogP contribution in [0.15, 0.2) is 24.3 Å². The molecule has 1 aliphatic rings. The average molecular weight is 346 g/mol. The largest absolute Gasteiger partial charge is 0.353 e. The third-order valence-corrected chi connectivity index (χ3v) is 3.69. The number of amides is 2. The highest BCUT2D eigenvalue weighted by Crippen LogP contribution is 2.09. The molecule has 1 atom stereocenters. The van der Waals surface area contributed by atoms with Crippen LogP contribution >= 0.6 is 24.0 Å². The van der Waals surface area contributed by atoms with Crippen molar-refractivity contribution in [1.29, 1.82) is 0 Å². The average Bonchev–Trinajstić information content (AvgIpc) is 2.52. The molecule has 1 saturated heterocycles. The minimum absolute atomic E-state index is 0. The zero-order chi connectivity index (χ0) is 15.1. The number of nitrogens with one attached hydrogen (secondary N) is 3. The van der Waals surface area contributed by atoms with Gasteiger partial charge < -0.3 is 16.0 Å². The third kappa shape index (κ3) is 5.83. The Balaban J connectivity index is 0.00000242. The molecule has 2 amide bonds. The smallest absolute Gasteiger partial charge is 0.251 e. The summed E-state index contributed by atoms with van der Waals surface area (Å²) in [5, 5.41) is 9.37.